The topological polar surface area (TPSA) is 49.7 Å². The summed E-state index contributed by atoms with van der Waals surface area (Å²) in [5, 5.41) is 9.11. The van der Waals surface area contributed by atoms with E-state index < -0.39 is 5.82 Å². The van der Waals surface area contributed by atoms with Crippen LogP contribution in [-0.2, 0) is 11.3 Å². The van der Waals surface area contributed by atoms with Crippen LogP contribution in [0.25, 0.3) is 0 Å². The van der Waals surface area contributed by atoms with E-state index in [0.717, 1.165) is 12.1 Å². The van der Waals surface area contributed by atoms with Gasteiger partial charge in [-0.25, -0.2) is 14.2 Å². The molecule has 0 saturated carbocycles. The molecule has 0 aliphatic carbocycles. The lowest BCUT2D eigenvalue weighted by Gasteiger charge is -1.98. The van der Waals surface area contributed by atoms with Crippen molar-refractivity contribution in [3.63, 3.8) is 0 Å². The first kappa shape index (κ1) is 8.43. The van der Waals surface area contributed by atoms with Crippen molar-refractivity contribution < 1.29 is 14.3 Å². The summed E-state index contributed by atoms with van der Waals surface area (Å²) in [4.78, 5) is 12.9. The molecule has 0 bridgehead atoms. The maximum Gasteiger partial charge on any atom is 0.235 e. The Balaban J connectivity index is 2.96. The number of hydrogen-bond donors (Lipinski definition) is 1. The number of aliphatic imine (C=N–C) groups is 1. The lowest BCUT2D eigenvalue weighted by molar-refractivity contribution is 0.465. The normalized spacial score (nSPS) is 9.08. The van der Waals surface area contributed by atoms with Gasteiger partial charge < -0.3 is 5.11 Å². The third-order valence-electron chi connectivity index (χ3n) is 1.36. The Kier molecular flexibility index (Phi) is 2.56. The molecular formula is C8H6FNO2. The highest BCUT2D eigenvalue weighted by Gasteiger charge is 2.00. The highest BCUT2D eigenvalue weighted by Crippen LogP contribution is 2.18. The second-order valence-corrected chi connectivity index (χ2v) is 2.18. The van der Waals surface area contributed by atoms with E-state index in [2.05, 4.69) is 4.99 Å². The number of halogens is 1. The standard InChI is InChI=1S/C8H6FNO2/c9-7-1-2-8(12)6(3-7)4-10-5-11/h1-3,12H,4H2. The van der Waals surface area contributed by atoms with Crippen molar-refractivity contribution >= 4 is 6.08 Å². The molecule has 0 heterocycles. The van der Waals surface area contributed by atoms with Crippen molar-refractivity contribution in [3.8, 4) is 5.75 Å². The molecule has 0 aliphatic heterocycles. The summed E-state index contributed by atoms with van der Waals surface area (Å²) < 4.78 is 12.5. The van der Waals surface area contributed by atoms with Gasteiger partial charge in [0.05, 0.1) is 6.54 Å². The van der Waals surface area contributed by atoms with Crippen LogP contribution < -0.4 is 0 Å². The second-order valence-electron chi connectivity index (χ2n) is 2.18. The SMILES string of the molecule is O=C=NCc1cc(F)ccc1O. The molecule has 1 N–H and O–H groups in total. The Morgan fingerprint density at radius 2 is 2.33 bits per heavy atom. The molecule has 0 aliphatic rings. The maximum atomic E-state index is 12.5. The highest BCUT2D eigenvalue weighted by atomic mass is 19.1. The quantitative estimate of drug-likeness (QED) is 0.534. The third-order valence-corrected chi connectivity index (χ3v) is 1.36. The van der Waals surface area contributed by atoms with E-state index in [4.69, 9.17) is 5.11 Å². The van der Waals surface area contributed by atoms with Gasteiger partial charge in [0.1, 0.15) is 11.6 Å². The first-order valence-electron chi connectivity index (χ1n) is 3.25. The molecule has 0 fully saturated rings. The van der Waals surface area contributed by atoms with Crippen molar-refractivity contribution in [2.24, 2.45) is 4.99 Å². The van der Waals surface area contributed by atoms with E-state index in [1.54, 1.807) is 0 Å². The Bertz CT molecular complexity index is 332. The zero-order chi connectivity index (χ0) is 8.97. The molecule has 1 aromatic carbocycles. The van der Waals surface area contributed by atoms with Crippen LogP contribution in [0.1, 0.15) is 5.56 Å². The zero-order valence-electron chi connectivity index (χ0n) is 6.12. The number of benzene rings is 1. The minimum absolute atomic E-state index is 0.0485. The predicted molar refractivity (Wildman–Crippen MR) is 39.9 cm³/mol. The second kappa shape index (κ2) is 3.64. The van der Waals surface area contributed by atoms with Gasteiger partial charge in [0, 0.05) is 5.56 Å². The van der Waals surface area contributed by atoms with E-state index in [9.17, 15) is 9.18 Å². The van der Waals surface area contributed by atoms with Crippen molar-refractivity contribution in [2.75, 3.05) is 0 Å². The molecule has 4 heteroatoms. The summed E-state index contributed by atoms with van der Waals surface area (Å²) in [6.45, 7) is -0.0485. The van der Waals surface area contributed by atoms with Gasteiger partial charge in [-0.3, -0.25) is 0 Å². The van der Waals surface area contributed by atoms with Crippen LogP contribution in [0, 0.1) is 5.82 Å². The van der Waals surface area contributed by atoms with Crippen LogP contribution in [-0.4, -0.2) is 11.2 Å². The summed E-state index contributed by atoms with van der Waals surface area (Å²) in [6.07, 6.45) is 1.30. The lowest BCUT2D eigenvalue weighted by atomic mass is 10.2. The maximum absolute atomic E-state index is 12.5. The largest absolute Gasteiger partial charge is 0.508 e. The Morgan fingerprint density at radius 1 is 1.58 bits per heavy atom. The average molecular weight is 167 g/mol. The van der Waals surface area contributed by atoms with Crippen LogP contribution in [0.3, 0.4) is 0 Å². The number of phenols is 1. The van der Waals surface area contributed by atoms with E-state index in [1.807, 2.05) is 0 Å². The Hall–Kier alpha value is -1.67. The van der Waals surface area contributed by atoms with Gasteiger partial charge in [0.15, 0.2) is 0 Å². The fourth-order valence-corrected chi connectivity index (χ4v) is 0.798. The summed E-state index contributed by atoms with van der Waals surface area (Å²) >= 11 is 0. The monoisotopic (exact) mass is 167 g/mol. The molecule has 0 spiro atoms. The molecule has 3 nitrogen and oxygen atoms in total. The highest BCUT2D eigenvalue weighted by molar-refractivity contribution is 5.37. The number of phenolic OH excluding ortho intramolecular Hbond substituents is 1. The molecule has 0 atom stereocenters. The first-order chi connectivity index (χ1) is 5.74. The molecule has 62 valence electrons. The number of hydrogen-bond acceptors (Lipinski definition) is 3. The fraction of sp³-hybridized carbons (Fsp3) is 0.125. The minimum atomic E-state index is -0.469. The minimum Gasteiger partial charge on any atom is -0.508 e. The number of carbonyl (C=O) groups excluding carboxylic acids is 1. The van der Waals surface area contributed by atoms with Crippen molar-refractivity contribution in [3.05, 3.63) is 29.6 Å². The number of nitrogens with zero attached hydrogens (tertiary/aromatic N) is 1. The molecule has 1 rings (SSSR count). The smallest absolute Gasteiger partial charge is 0.235 e. The Morgan fingerprint density at radius 3 is 3.00 bits per heavy atom. The molecule has 0 radical (unpaired) electrons. The average Bonchev–Trinajstić information content (AvgIpc) is 2.07. The van der Waals surface area contributed by atoms with Gasteiger partial charge in [-0.2, -0.15) is 0 Å². The van der Waals surface area contributed by atoms with Gasteiger partial charge in [-0.1, -0.05) is 0 Å². The van der Waals surface area contributed by atoms with Crippen molar-refractivity contribution in [1.29, 1.82) is 0 Å². The molecular weight excluding hydrogens is 161 g/mol. The zero-order valence-corrected chi connectivity index (χ0v) is 6.12. The van der Waals surface area contributed by atoms with Gasteiger partial charge in [0.2, 0.25) is 6.08 Å². The number of rotatable bonds is 2. The van der Waals surface area contributed by atoms with Crippen LogP contribution in [0.2, 0.25) is 0 Å². The van der Waals surface area contributed by atoms with Gasteiger partial charge >= 0.3 is 0 Å². The summed E-state index contributed by atoms with van der Waals surface area (Å²) in [5.41, 5.74) is 0.276. The predicted octanol–water partition coefficient (Wildman–Crippen LogP) is 1.37. The molecule has 0 aromatic heterocycles. The number of isocyanates is 1. The first-order valence-corrected chi connectivity index (χ1v) is 3.25. The number of aromatic hydroxyl groups is 1. The van der Waals surface area contributed by atoms with Gasteiger partial charge in [-0.15, -0.1) is 0 Å². The van der Waals surface area contributed by atoms with Crippen LogP contribution in [0.15, 0.2) is 23.2 Å². The fourth-order valence-electron chi connectivity index (χ4n) is 0.798. The molecule has 0 amide bonds. The van der Waals surface area contributed by atoms with Crippen LogP contribution in [0.4, 0.5) is 4.39 Å². The molecule has 12 heavy (non-hydrogen) atoms. The van der Waals surface area contributed by atoms with E-state index in [-0.39, 0.29) is 17.9 Å². The Labute approximate surface area is 68.2 Å². The van der Waals surface area contributed by atoms with E-state index in [1.165, 1.54) is 12.1 Å². The summed E-state index contributed by atoms with van der Waals surface area (Å²) in [6, 6.07) is 3.46. The van der Waals surface area contributed by atoms with Crippen LogP contribution in [0.5, 0.6) is 5.75 Å². The van der Waals surface area contributed by atoms with Crippen molar-refractivity contribution in [1.82, 2.24) is 0 Å². The summed E-state index contributed by atoms with van der Waals surface area (Å²) in [7, 11) is 0. The third kappa shape index (κ3) is 1.90. The molecule has 0 unspecified atom stereocenters. The van der Waals surface area contributed by atoms with Crippen LogP contribution >= 0.6 is 0 Å². The molecule has 1 aromatic rings. The van der Waals surface area contributed by atoms with Gasteiger partial charge in [0.25, 0.3) is 0 Å². The van der Waals surface area contributed by atoms with E-state index >= 15 is 0 Å². The molecule has 0 saturated heterocycles. The van der Waals surface area contributed by atoms with E-state index in [0.29, 0.717) is 0 Å². The summed E-state index contributed by atoms with van der Waals surface area (Å²) in [5.74, 6) is -0.542. The van der Waals surface area contributed by atoms with Gasteiger partial charge in [-0.05, 0) is 18.2 Å². The lowest BCUT2D eigenvalue weighted by Crippen LogP contribution is -1.84. The van der Waals surface area contributed by atoms with Crippen molar-refractivity contribution in [2.45, 2.75) is 6.54 Å².